The van der Waals surface area contributed by atoms with Crippen molar-refractivity contribution in [1.82, 2.24) is 5.32 Å². The highest BCUT2D eigenvalue weighted by molar-refractivity contribution is 7.19. The third kappa shape index (κ3) is 3.11. The van der Waals surface area contributed by atoms with E-state index in [1.165, 1.54) is 11.3 Å². The molecule has 0 fully saturated rings. The van der Waals surface area contributed by atoms with Crippen LogP contribution in [0.5, 0.6) is 0 Å². The van der Waals surface area contributed by atoms with Gasteiger partial charge in [-0.15, -0.1) is 17.9 Å². The molecular formula is C13H20N4O2S. The van der Waals surface area contributed by atoms with Crippen molar-refractivity contribution in [3.05, 3.63) is 23.1 Å². The maximum Gasteiger partial charge on any atom is 0.263 e. The van der Waals surface area contributed by atoms with E-state index in [1.54, 1.807) is 6.08 Å². The molecule has 0 radical (unpaired) electrons. The molecule has 5 N–H and O–H groups in total. The monoisotopic (exact) mass is 296 g/mol. The van der Waals surface area contributed by atoms with E-state index in [9.17, 15) is 9.59 Å². The molecule has 0 aliphatic carbocycles. The van der Waals surface area contributed by atoms with Crippen molar-refractivity contribution in [2.24, 2.45) is 5.73 Å². The fourth-order valence-corrected chi connectivity index (χ4v) is 3.09. The number of primary amides is 1. The third-order valence-electron chi connectivity index (χ3n) is 2.84. The van der Waals surface area contributed by atoms with Crippen molar-refractivity contribution in [3.8, 4) is 0 Å². The Bertz CT molecular complexity index is 521. The average Bonchev–Trinajstić information content (AvgIpc) is 2.75. The van der Waals surface area contributed by atoms with Crippen LogP contribution < -0.4 is 21.7 Å². The van der Waals surface area contributed by atoms with Crippen molar-refractivity contribution in [3.63, 3.8) is 0 Å². The number of carbonyl (C=O) groups excluding carboxylic acids is 2. The van der Waals surface area contributed by atoms with E-state index in [2.05, 4.69) is 11.9 Å². The number of rotatable bonds is 7. The lowest BCUT2D eigenvalue weighted by Crippen LogP contribution is -2.25. The fraction of sp³-hybridized carbons (Fsp3) is 0.385. The molecule has 0 saturated carbocycles. The lowest BCUT2D eigenvalue weighted by molar-refractivity contribution is 0.0962. The van der Waals surface area contributed by atoms with E-state index in [0.717, 1.165) is 0 Å². The van der Waals surface area contributed by atoms with Gasteiger partial charge >= 0.3 is 0 Å². The van der Waals surface area contributed by atoms with E-state index >= 15 is 0 Å². The molecule has 0 bridgehead atoms. The van der Waals surface area contributed by atoms with Crippen LogP contribution in [0, 0.1) is 0 Å². The number of nitrogens with one attached hydrogen (secondary N) is 1. The number of thiophene rings is 1. The van der Waals surface area contributed by atoms with Gasteiger partial charge in [-0.1, -0.05) is 6.08 Å². The largest absolute Gasteiger partial charge is 0.397 e. The zero-order valence-corrected chi connectivity index (χ0v) is 12.5. The van der Waals surface area contributed by atoms with Gasteiger partial charge in [0.05, 0.1) is 11.3 Å². The summed E-state index contributed by atoms with van der Waals surface area (Å²) in [6.07, 6.45) is 1.57. The molecule has 20 heavy (non-hydrogen) atoms. The first-order chi connectivity index (χ1) is 9.47. The third-order valence-corrected chi connectivity index (χ3v) is 4.10. The Morgan fingerprint density at radius 3 is 2.45 bits per heavy atom. The molecule has 1 heterocycles. The van der Waals surface area contributed by atoms with Gasteiger partial charge in [0.25, 0.3) is 11.8 Å². The number of hydrogen-bond donors (Lipinski definition) is 3. The number of anilines is 2. The summed E-state index contributed by atoms with van der Waals surface area (Å²) in [4.78, 5) is 25.9. The molecule has 0 aliphatic rings. The van der Waals surface area contributed by atoms with Crippen molar-refractivity contribution in [2.75, 3.05) is 30.3 Å². The molecule has 1 rings (SSSR count). The Morgan fingerprint density at radius 1 is 1.40 bits per heavy atom. The van der Waals surface area contributed by atoms with Crippen molar-refractivity contribution in [1.29, 1.82) is 0 Å². The molecular weight excluding hydrogens is 276 g/mol. The smallest absolute Gasteiger partial charge is 0.263 e. The van der Waals surface area contributed by atoms with Crippen LogP contribution in [-0.2, 0) is 0 Å². The van der Waals surface area contributed by atoms with Crippen LogP contribution in [0.25, 0.3) is 0 Å². The lowest BCUT2D eigenvalue weighted by atomic mass is 10.2. The van der Waals surface area contributed by atoms with Crippen LogP contribution in [0.2, 0.25) is 0 Å². The molecule has 7 heteroatoms. The number of amides is 2. The van der Waals surface area contributed by atoms with E-state index in [-0.39, 0.29) is 17.2 Å². The van der Waals surface area contributed by atoms with Crippen LogP contribution in [0.15, 0.2) is 12.7 Å². The lowest BCUT2D eigenvalue weighted by Gasteiger charge is -2.19. The predicted octanol–water partition coefficient (Wildman–Crippen LogP) is 1.19. The van der Waals surface area contributed by atoms with Gasteiger partial charge < -0.3 is 21.7 Å². The average molecular weight is 296 g/mol. The molecule has 2 amide bonds. The maximum absolute atomic E-state index is 12.0. The van der Waals surface area contributed by atoms with E-state index in [4.69, 9.17) is 11.5 Å². The van der Waals surface area contributed by atoms with Gasteiger partial charge in [-0.05, 0) is 13.8 Å². The standard InChI is InChI=1S/C13H20N4O2S/c1-4-7-16-12(19)10-9(14)8(11(15)18)13(20-10)17(5-2)6-3/h4H,1,5-7,14H2,2-3H3,(H2,15,18)(H,16,19). The zero-order valence-electron chi connectivity index (χ0n) is 11.7. The summed E-state index contributed by atoms with van der Waals surface area (Å²) in [5.74, 6) is -0.947. The Morgan fingerprint density at radius 2 is 2.00 bits per heavy atom. The highest BCUT2D eigenvalue weighted by Crippen LogP contribution is 2.37. The second-order valence-electron chi connectivity index (χ2n) is 4.06. The van der Waals surface area contributed by atoms with Crippen LogP contribution in [0.3, 0.4) is 0 Å². The number of nitrogen functional groups attached to an aromatic ring is 1. The van der Waals surface area contributed by atoms with E-state index in [0.29, 0.717) is 29.5 Å². The molecule has 110 valence electrons. The van der Waals surface area contributed by atoms with Gasteiger partial charge in [-0.3, -0.25) is 9.59 Å². The van der Waals surface area contributed by atoms with Gasteiger partial charge in [0.2, 0.25) is 0 Å². The molecule has 0 atom stereocenters. The summed E-state index contributed by atoms with van der Waals surface area (Å²) in [6.45, 7) is 9.18. The summed E-state index contributed by atoms with van der Waals surface area (Å²) in [7, 11) is 0. The first-order valence-electron chi connectivity index (χ1n) is 6.33. The van der Waals surface area contributed by atoms with Crippen LogP contribution in [0.1, 0.15) is 33.9 Å². The highest BCUT2D eigenvalue weighted by atomic mass is 32.1. The fourth-order valence-electron chi connectivity index (χ4n) is 1.82. The number of nitrogens with two attached hydrogens (primary N) is 2. The molecule has 0 aliphatic heterocycles. The first-order valence-corrected chi connectivity index (χ1v) is 7.15. The summed E-state index contributed by atoms with van der Waals surface area (Å²) >= 11 is 1.18. The van der Waals surface area contributed by atoms with Gasteiger partial charge in [-0.2, -0.15) is 0 Å². The van der Waals surface area contributed by atoms with Crippen molar-refractivity contribution < 1.29 is 9.59 Å². The highest BCUT2D eigenvalue weighted by Gasteiger charge is 2.26. The normalized spacial score (nSPS) is 10.1. The van der Waals surface area contributed by atoms with Crippen LogP contribution in [0.4, 0.5) is 10.7 Å². The Hall–Kier alpha value is -2.02. The second kappa shape index (κ2) is 6.95. The molecule has 1 aromatic rings. The number of nitrogens with zero attached hydrogens (tertiary/aromatic N) is 1. The van der Waals surface area contributed by atoms with E-state index in [1.807, 2.05) is 18.7 Å². The van der Waals surface area contributed by atoms with Gasteiger partial charge in [0, 0.05) is 19.6 Å². The molecule has 0 unspecified atom stereocenters. The summed E-state index contributed by atoms with van der Waals surface area (Å²) in [6, 6.07) is 0. The minimum atomic E-state index is -0.622. The molecule has 0 spiro atoms. The summed E-state index contributed by atoms with van der Waals surface area (Å²) in [5, 5.41) is 3.29. The van der Waals surface area contributed by atoms with Crippen molar-refractivity contribution in [2.45, 2.75) is 13.8 Å². The van der Waals surface area contributed by atoms with Crippen molar-refractivity contribution >= 4 is 33.8 Å². The Kier molecular flexibility index (Phi) is 5.57. The van der Waals surface area contributed by atoms with Gasteiger partial charge in [0.1, 0.15) is 9.88 Å². The first kappa shape index (κ1) is 16.0. The maximum atomic E-state index is 12.0. The minimum absolute atomic E-state index is 0.144. The van der Waals surface area contributed by atoms with Gasteiger partial charge in [-0.25, -0.2) is 0 Å². The topological polar surface area (TPSA) is 101 Å². The Labute approximate surface area is 122 Å². The minimum Gasteiger partial charge on any atom is -0.397 e. The van der Waals surface area contributed by atoms with E-state index < -0.39 is 5.91 Å². The molecule has 1 aromatic heterocycles. The second-order valence-corrected chi connectivity index (χ2v) is 5.06. The quantitative estimate of drug-likeness (QED) is 0.658. The summed E-state index contributed by atoms with van der Waals surface area (Å²) < 4.78 is 0. The molecule has 0 aromatic carbocycles. The number of hydrogen-bond acceptors (Lipinski definition) is 5. The number of carbonyl (C=O) groups is 2. The Balaban J connectivity index is 3.28. The zero-order chi connectivity index (χ0) is 15.3. The SMILES string of the molecule is C=CCNC(=O)c1sc(N(CC)CC)c(C(N)=O)c1N. The molecule has 0 saturated heterocycles. The summed E-state index contributed by atoms with van der Waals surface area (Å²) in [5.41, 5.74) is 11.7. The molecule has 6 nitrogen and oxygen atoms in total. The predicted molar refractivity (Wildman–Crippen MR) is 83.3 cm³/mol. The van der Waals surface area contributed by atoms with Gasteiger partial charge in [0.15, 0.2) is 0 Å². The van der Waals surface area contributed by atoms with Crippen LogP contribution >= 0.6 is 11.3 Å². The van der Waals surface area contributed by atoms with Crippen LogP contribution in [-0.4, -0.2) is 31.4 Å².